The first-order chi connectivity index (χ1) is 7.10. The first-order valence-corrected chi connectivity index (χ1v) is 6.37. The van der Waals surface area contributed by atoms with E-state index in [1.165, 1.54) is 0 Å². The van der Waals surface area contributed by atoms with Crippen molar-refractivity contribution in [3.05, 3.63) is 29.8 Å². The average Bonchev–Trinajstić information content (AvgIpc) is 2.26. The zero-order valence-corrected chi connectivity index (χ0v) is 9.55. The highest BCUT2D eigenvalue weighted by molar-refractivity contribution is 7.89. The van der Waals surface area contributed by atoms with E-state index in [9.17, 15) is 8.42 Å². The van der Waals surface area contributed by atoms with Crippen molar-refractivity contribution in [1.82, 2.24) is 4.72 Å². The van der Waals surface area contributed by atoms with Crippen molar-refractivity contribution in [2.24, 2.45) is 5.73 Å². The van der Waals surface area contributed by atoms with E-state index in [0.29, 0.717) is 13.1 Å². The van der Waals surface area contributed by atoms with E-state index in [4.69, 9.17) is 5.73 Å². The van der Waals surface area contributed by atoms with Gasteiger partial charge in [-0.2, -0.15) is 0 Å². The highest BCUT2D eigenvalue weighted by Crippen LogP contribution is 2.10. The predicted molar refractivity (Wildman–Crippen MR) is 59.8 cm³/mol. The van der Waals surface area contributed by atoms with Gasteiger partial charge in [0.1, 0.15) is 0 Å². The first-order valence-electron chi connectivity index (χ1n) is 4.89. The molecule has 0 atom stereocenters. The summed E-state index contributed by atoms with van der Waals surface area (Å²) in [5, 5.41) is 0. The van der Waals surface area contributed by atoms with E-state index >= 15 is 0 Å². The summed E-state index contributed by atoms with van der Waals surface area (Å²) in [5.74, 6) is 0. The Hall–Kier alpha value is -0.910. The summed E-state index contributed by atoms with van der Waals surface area (Å²) < 4.78 is 25.9. The van der Waals surface area contributed by atoms with Crippen molar-refractivity contribution in [1.29, 1.82) is 0 Å². The third kappa shape index (κ3) is 3.30. The molecule has 15 heavy (non-hydrogen) atoms. The van der Waals surface area contributed by atoms with Crippen LogP contribution in [-0.4, -0.2) is 15.0 Å². The molecule has 84 valence electrons. The normalized spacial score (nSPS) is 11.6. The maximum absolute atomic E-state index is 11.7. The standard InChI is InChI=1S/C10H16N2O2S/c1-2-6-12-15(13,14)10-5-3-4-9(7-10)8-11/h3-5,7,12H,2,6,8,11H2,1H3. The summed E-state index contributed by atoms with van der Waals surface area (Å²) in [6, 6.07) is 6.66. The summed E-state index contributed by atoms with van der Waals surface area (Å²) in [6.07, 6.45) is 0.774. The van der Waals surface area contributed by atoms with Crippen molar-refractivity contribution in [3.63, 3.8) is 0 Å². The van der Waals surface area contributed by atoms with Crippen molar-refractivity contribution < 1.29 is 8.42 Å². The molecule has 0 amide bonds. The minimum atomic E-state index is -3.36. The second-order valence-corrected chi connectivity index (χ2v) is 5.02. The number of rotatable bonds is 5. The van der Waals surface area contributed by atoms with Crippen LogP contribution >= 0.6 is 0 Å². The van der Waals surface area contributed by atoms with Gasteiger partial charge in [-0.05, 0) is 24.1 Å². The second kappa shape index (κ2) is 5.25. The molecular weight excluding hydrogens is 212 g/mol. The Bertz CT molecular complexity index is 415. The molecule has 0 saturated carbocycles. The molecule has 4 nitrogen and oxygen atoms in total. The van der Waals surface area contributed by atoms with Crippen LogP contribution in [0.3, 0.4) is 0 Å². The van der Waals surface area contributed by atoms with Gasteiger partial charge in [-0.3, -0.25) is 0 Å². The SMILES string of the molecule is CCCNS(=O)(=O)c1cccc(CN)c1. The lowest BCUT2D eigenvalue weighted by atomic mass is 10.2. The van der Waals surface area contributed by atoms with Gasteiger partial charge in [0.2, 0.25) is 10.0 Å². The quantitative estimate of drug-likeness (QED) is 0.784. The van der Waals surface area contributed by atoms with Gasteiger partial charge in [0.15, 0.2) is 0 Å². The fraction of sp³-hybridized carbons (Fsp3) is 0.400. The molecule has 0 unspecified atom stereocenters. The number of sulfonamides is 1. The number of hydrogen-bond acceptors (Lipinski definition) is 3. The van der Waals surface area contributed by atoms with Gasteiger partial charge in [-0.1, -0.05) is 19.1 Å². The van der Waals surface area contributed by atoms with Crippen LogP contribution in [0.1, 0.15) is 18.9 Å². The number of nitrogens with two attached hydrogens (primary N) is 1. The molecule has 0 radical (unpaired) electrons. The molecule has 0 heterocycles. The van der Waals surface area contributed by atoms with Crippen LogP contribution in [0, 0.1) is 0 Å². The molecule has 1 aromatic carbocycles. The average molecular weight is 228 g/mol. The Balaban J connectivity index is 2.94. The van der Waals surface area contributed by atoms with Gasteiger partial charge in [0, 0.05) is 13.1 Å². The second-order valence-electron chi connectivity index (χ2n) is 3.25. The van der Waals surface area contributed by atoms with Crippen LogP contribution < -0.4 is 10.5 Å². The maximum Gasteiger partial charge on any atom is 0.240 e. The molecule has 0 aliphatic carbocycles. The van der Waals surface area contributed by atoms with Crippen molar-refractivity contribution >= 4 is 10.0 Å². The minimum Gasteiger partial charge on any atom is -0.326 e. The van der Waals surface area contributed by atoms with Crippen molar-refractivity contribution in [3.8, 4) is 0 Å². The summed E-state index contributed by atoms with van der Waals surface area (Å²) in [6.45, 7) is 2.71. The van der Waals surface area contributed by atoms with E-state index < -0.39 is 10.0 Å². The van der Waals surface area contributed by atoms with Gasteiger partial charge in [-0.15, -0.1) is 0 Å². The third-order valence-corrected chi connectivity index (χ3v) is 3.45. The van der Waals surface area contributed by atoms with E-state index in [0.717, 1.165) is 12.0 Å². The van der Waals surface area contributed by atoms with Gasteiger partial charge in [-0.25, -0.2) is 13.1 Å². The Labute approximate surface area is 90.5 Å². The lowest BCUT2D eigenvalue weighted by Crippen LogP contribution is -2.24. The highest BCUT2D eigenvalue weighted by Gasteiger charge is 2.12. The summed E-state index contributed by atoms with van der Waals surface area (Å²) in [5.41, 5.74) is 6.26. The van der Waals surface area contributed by atoms with E-state index in [-0.39, 0.29) is 4.90 Å². The topological polar surface area (TPSA) is 72.2 Å². The first kappa shape index (κ1) is 12.2. The van der Waals surface area contributed by atoms with Gasteiger partial charge >= 0.3 is 0 Å². The molecule has 0 aliphatic rings. The lowest BCUT2D eigenvalue weighted by Gasteiger charge is -2.06. The lowest BCUT2D eigenvalue weighted by molar-refractivity contribution is 0.580. The number of nitrogens with one attached hydrogen (secondary N) is 1. The Kier molecular flexibility index (Phi) is 4.26. The van der Waals surface area contributed by atoms with Crippen LogP contribution in [0.15, 0.2) is 29.2 Å². The van der Waals surface area contributed by atoms with Gasteiger partial charge in [0.25, 0.3) is 0 Å². The van der Waals surface area contributed by atoms with E-state index in [1.54, 1.807) is 24.3 Å². The van der Waals surface area contributed by atoms with Crippen LogP contribution in [-0.2, 0) is 16.6 Å². The zero-order chi connectivity index (χ0) is 11.3. The summed E-state index contributed by atoms with van der Waals surface area (Å²) in [4.78, 5) is 0.277. The molecule has 5 heteroatoms. The molecule has 1 rings (SSSR count). The Morgan fingerprint density at radius 3 is 2.73 bits per heavy atom. The van der Waals surface area contributed by atoms with Crippen molar-refractivity contribution in [2.45, 2.75) is 24.8 Å². The Morgan fingerprint density at radius 1 is 1.40 bits per heavy atom. The number of hydrogen-bond donors (Lipinski definition) is 2. The highest BCUT2D eigenvalue weighted by atomic mass is 32.2. The monoisotopic (exact) mass is 228 g/mol. The van der Waals surface area contributed by atoms with Crippen LogP contribution in [0.2, 0.25) is 0 Å². The molecular formula is C10H16N2O2S. The number of benzene rings is 1. The fourth-order valence-electron chi connectivity index (χ4n) is 1.16. The van der Waals surface area contributed by atoms with Crippen LogP contribution in [0.4, 0.5) is 0 Å². The summed E-state index contributed by atoms with van der Waals surface area (Å²) in [7, 11) is -3.36. The molecule has 1 aromatic rings. The molecule has 0 aliphatic heterocycles. The van der Waals surface area contributed by atoms with Crippen LogP contribution in [0.5, 0.6) is 0 Å². The summed E-state index contributed by atoms with van der Waals surface area (Å²) >= 11 is 0. The van der Waals surface area contributed by atoms with Crippen LogP contribution in [0.25, 0.3) is 0 Å². The maximum atomic E-state index is 11.7. The largest absolute Gasteiger partial charge is 0.326 e. The van der Waals surface area contributed by atoms with Gasteiger partial charge < -0.3 is 5.73 Å². The van der Waals surface area contributed by atoms with E-state index in [1.807, 2.05) is 6.92 Å². The predicted octanol–water partition coefficient (Wildman–Crippen LogP) is 0.834. The molecule has 0 bridgehead atoms. The van der Waals surface area contributed by atoms with Crippen molar-refractivity contribution in [2.75, 3.05) is 6.54 Å². The fourth-order valence-corrected chi connectivity index (χ4v) is 2.36. The molecule has 0 spiro atoms. The molecule has 3 N–H and O–H groups in total. The van der Waals surface area contributed by atoms with E-state index in [2.05, 4.69) is 4.72 Å². The minimum absolute atomic E-state index is 0.277. The smallest absolute Gasteiger partial charge is 0.240 e. The van der Waals surface area contributed by atoms with Gasteiger partial charge in [0.05, 0.1) is 4.90 Å². The Morgan fingerprint density at radius 2 is 2.13 bits per heavy atom. The molecule has 0 fully saturated rings. The molecule has 0 saturated heterocycles. The molecule has 0 aromatic heterocycles. The third-order valence-electron chi connectivity index (χ3n) is 1.99. The zero-order valence-electron chi connectivity index (χ0n) is 8.73.